The van der Waals surface area contributed by atoms with Gasteiger partial charge in [-0.3, -0.25) is 0 Å². The predicted octanol–water partition coefficient (Wildman–Crippen LogP) is 0.687. The van der Waals surface area contributed by atoms with Crippen LogP contribution in [0.1, 0.15) is 5.56 Å². The molecular formula is C10H15BN+. The molecule has 0 N–H and O–H groups in total. The smallest absolute Gasteiger partial charge is 0.113 e. The van der Waals surface area contributed by atoms with Gasteiger partial charge >= 0.3 is 0 Å². The Labute approximate surface area is 76.0 Å². The van der Waals surface area contributed by atoms with Crippen LogP contribution in [0.3, 0.4) is 0 Å². The Morgan fingerprint density at radius 2 is 1.58 bits per heavy atom. The average molecular weight is 160 g/mol. The molecule has 0 atom stereocenters. The van der Waals surface area contributed by atoms with Gasteiger partial charge in [-0.2, -0.15) is 0 Å². The highest BCUT2D eigenvalue weighted by Gasteiger charge is 2.06. The molecule has 0 spiro atoms. The molecule has 1 aromatic rings. The van der Waals surface area contributed by atoms with Gasteiger partial charge in [-0.1, -0.05) is 29.7 Å². The zero-order chi connectivity index (χ0) is 9.19. The Kier molecular flexibility index (Phi) is 2.58. The number of rotatable bonds is 2. The molecule has 0 aromatic heterocycles. The van der Waals surface area contributed by atoms with E-state index in [1.54, 1.807) is 0 Å². The zero-order valence-corrected chi connectivity index (χ0v) is 8.04. The summed E-state index contributed by atoms with van der Waals surface area (Å²) in [6, 6.07) is 8.06. The second-order valence-corrected chi connectivity index (χ2v) is 4.19. The molecular weight excluding hydrogens is 145 g/mol. The maximum atomic E-state index is 5.59. The van der Waals surface area contributed by atoms with E-state index in [0.717, 1.165) is 16.5 Å². The van der Waals surface area contributed by atoms with E-state index in [2.05, 4.69) is 33.3 Å². The summed E-state index contributed by atoms with van der Waals surface area (Å²) in [7, 11) is 12.1. The molecule has 0 saturated heterocycles. The molecule has 1 aromatic carbocycles. The van der Waals surface area contributed by atoms with Crippen molar-refractivity contribution in [1.82, 2.24) is 0 Å². The minimum absolute atomic E-state index is 0.833. The topological polar surface area (TPSA) is 0 Å². The highest BCUT2D eigenvalue weighted by atomic mass is 15.3. The quantitative estimate of drug-likeness (QED) is 0.441. The summed E-state index contributed by atoms with van der Waals surface area (Å²) in [6.45, 7) is 1.04. The molecule has 1 nitrogen and oxygen atoms in total. The van der Waals surface area contributed by atoms with Crippen LogP contribution >= 0.6 is 0 Å². The zero-order valence-electron chi connectivity index (χ0n) is 8.04. The van der Waals surface area contributed by atoms with E-state index in [-0.39, 0.29) is 0 Å². The largest absolute Gasteiger partial charge is 0.327 e. The molecule has 0 saturated carbocycles. The Hall–Kier alpha value is -0.755. The molecule has 62 valence electrons. The van der Waals surface area contributed by atoms with Crippen molar-refractivity contribution in [3.05, 3.63) is 29.8 Å². The lowest BCUT2D eigenvalue weighted by atomic mass is 9.95. The van der Waals surface area contributed by atoms with E-state index in [1.165, 1.54) is 5.56 Å². The standard InChI is InChI=1S/C10H15BN/c1-12(2,3)8-9-4-6-10(11)7-5-9/h4-7H,8H2,1-3H3/q+1. The maximum Gasteiger partial charge on any atom is 0.113 e. The van der Waals surface area contributed by atoms with Crippen LogP contribution in [0.2, 0.25) is 0 Å². The monoisotopic (exact) mass is 160 g/mol. The van der Waals surface area contributed by atoms with Gasteiger partial charge < -0.3 is 4.48 Å². The third-order valence-electron chi connectivity index (χ3n) is 1.64. The van der Waals surface area contributed by atoms with Gasteiger partial charge in [0, 0.05) is 5.56 Å². The van der Waals surface area contributed by atoms with Crippen molar-refractivity contribution in [2.75, 3.05) is 21.1 Å². The molecule has 0 fully saturated rings. The summed E-state index contributed by atoms with van der Waals surface area (Å²) in [5.41, 5.74) is 2.16. The average Bonchev–Trinajstić information content (AvgIpc) is 1.91. The van der Waals surface area contributed by atoms with Gasteiger partial charge in [0.2, 0.25) is 0 Å². The van der Waals surface area contributed by atoms with Crippen LogP contribution in [-0.4, -0.2) is 33.5 Å². The normalized spacial score (nSPS) is 11.6. The second-order valence-electron chi connectivity index (χ2n) is 4.19. The first-order chi connectivity index (χ1) is 5.47. The number of nitrogens with zero attached hydrogens (tertiary/aromatic N) is 1. The number of quaternary nitrogens is 1. The van der Waals surface area contributed by atoms with Crippen LogP contribution in [0, 0.1) is 0 Å². The lowest BCUT2D eigenvalue weighted by molar-refractivity contribution is -0.884. The molecule has 0 unspecified atom stereocenters. The fourth-order valence-corrected chi connectivity index (χ4v) is 1.17. The first kappa shape index (κ1) is 9.33. The molecule has 0 bridgehead atoms. The molecule has 0 aliphatic carbocycles. The van der Waals surface area contributed by atoms with Gasteiger partial charge in [0.1, 0.15) is 14.4 Å². The molecule has 12 heavy (non-hydrogen) atoms. The molecule has 0 aliphatic rings. The lowest BCUT2D eigenvalue weighted by Crippen LogP contribution is -2.33. The lowest BCUT2D eigenvalue weighted by Gasteiger charge is -2.23. The molecule has 0 heterocycles. The third-order valence-corrected chi connectivity index (χ3v) is 1.64. The molecule has 2 radical (unpaired) electrons. The third kappa shape index (κ3) is 3.10. The van der Waals surface area contributed by atoms with Gasteiger partial charge in [-0.15, -0.1) is 0 Å². The first-order valence-corrected chi connectivity index (χ1v) is 4.12. The highest BCUT2D eigenvalue weighted by molar-refractivity contribution is 6.32. The van der Waals surface area contributed by atoms with Gasteiger partial charge in [0.25, 0.3) is 0 Å². The van der Waals surface area contributed by atoms with Crippen LogP contribution in [0.5, 0.6) is 0 Å². The van der Waals surface area contributed by atoms with Crippen LogP contribution in [0.25, 0.3) is 0 Å². The van der Waals surface area contributed by atoms with Crippen molar-refractivity contribution < 1.29 is 4.48 Å². The SMILES string of the molecule is [B]c1ccc(C[N+](C)(C)C)cc1. The van der Waals surface area contributed by atoms with Gasteiger partial charge in [0.05, 0.1) is 21.1 Å². The molecule has 1 rings (SSSR count). The Balaban J connectivity index is 2.71. The van der Waals surface area contributed by atoms with Crippen LogP contribution in [-0.2, 0) is 6.54 Å². The highest BCUT2D eigenvalue weighted by Crippen LogP contribution is 2.04. The fourth-order valence-electron chi connectivity index (χ4n) is 1.17. The summed E-state index contributed by atoms with van der Waals surface area (Å²) in [5, 5.41) is 0. The summed E-state index contributed by atoms with van der Waals surface area (Å²) < 4.78 is 0.948. The van der Waals surface area contributed by atoms with E-state index in [4.69, 9.17) is 7.85 Å². The molecule has 0 amide bonds. The van der Waals surface area contributed by atoms with Crippen LogP contribution in [0.4, 0.5) is 0 Å². The summed E-state index contributed by atoms with van der Waals surface area (Å²) in [4.78, 5) is 0. The van der Waals surface area contributed by atoms with E-state index >= 15 is 0 Å². The van der Waals surface area contributed by atoms with E-state index in [9.17, 15) is 0 Å². The van der Waals surface area contributed by atoms with Crippen molar-refractivity contribution >= 4 is 13.3 Å². The first-order valence-electron chi connectivity index (χ1n) is 4.12. The summed E-state index contributed by atoms with van der Waals surface area (Å²) in [6.07, 6.45) is 0. The van der Waals surface area contributed by atoms with Crippen LogP contribution in [0.15, 0.2) is 24.3 Å². The molecule has 2 heteroatoms. The van der Waals surface area contributed by atoms with Gasteiger partial charge in [0.15, 0.2) is 0 Å². The molecule has 0 aliphatic heterocycles. The Morgan fingerprint density at radius 3 is 2.00 bits per heavy atom. The number of hydrogen-bond donors (Lipinski definition) is 0. The van der Waals surface area contributed by atoms with E-state index in [0.29, 0.717) is 0 Å². The fraction of sp³-hybridized carbons (Fsp3) is 0.400. The Morgan fingerprint density at radius 1 is 1.08 bits per heavy atom. The summed E-state index contributed by atoms with van der Waals surface area (Å²) >= 11 is 0. The summed E-state index contributed by atoms with van der Waals surface area (Å²) in [5.74, 6) is 0. The predicted molar refractivity (Wildman–Crippen MR) is 53.6 cm³/mol. The van der Waals surface area contributed by atoms with Crippen LogP contribution < -0.4 is 5.46 Å². The van der Waals surface area contributed by atoms with Crippen molar-refractivity contribution in [2.45, 2.75) is 6.54 Å². The van der Waals surface area contributed by atoms with Crippen molar-refractivity contribution in [3.8, 4) is 0 Å². The number of hydrogen-bond acceptors (Lipinski definition) is 0. The minimum atomic E-state index is 0.833. The van der Waals surface area contributed by atoms with E-state index < -0.39 is 0 Å². The van der Waals surface area contributed by atoms with Crippen molar-refractivity contribution in [3.63, 3.8) is 0 Å². The van der Waals surface area contributed by atoms with E-state index in [1.807, 2.05) is 12.1 Å². The minimum Gasteiger partial charge on any atom is -0.327 e. The maximum absolute atomic E-state index is 5.59. The van der Waals surface area contributed by atoms with Gasteiger partial charge in [-0.25, -0.2) is 0 Å². The van der Waals surface area contributed by atoms with Crippen molar-refractivity contribution in [2.24, 2.45) is 0 Å². The Bertz CT molecular complexity index is 246. The van der Waals surface area contributed by atoms with Crippen molar-refractivity contribution in [1.29, 1.82) is 0 Å². The number of benzene rings is 1. The second kappa shape index (κ2) is 3.32. The van der Waals surface area contributed by atoms with Gasteiger partial charge in [-0.05, 0) is 0 Å².